The number of hydrogen-bond donors (Lipinski definition) is 3. The van der Waals surface area contributed by atoms with Crippen LogP contribution in [0.5, 0.6) is 0 Å². The molecule has 6 heteroatoms. The van der Waals surface area contributed by atoms with E-state index in [-0.39, 0.29) is 11.9 Å². The number of hydrogen-bond acceptors (Lipinski definition) is 3. The number of piperidine rings is 1. The van der Waals surface area contributed by atoms with Crippen LogP contribution in [0.25, 0.3) is 0 Å². The van der Waals surface area contributed by atoms with Crippen LogP contribution in [0.1, 0.15) is 38.5 Å². The molecule has 3 rings (SSSR count). The molecule has 0 spiro atoms. The standard InChI is InChI=1S/C17H23N3O2S/c21-16-15(6-3-11-18-16)20-17(22)19-12-7-9-14(10-8-12)23-13-4-1-2-5-13/h7-10,13,15H,1-6,11H2,(H,18,21)(H2,19,20,22). The summed E-state index contributed by atoms with van der Waals surface area (Å²) < 4.78 is 0. The molecule has 1 heterocycles. The maximum atomic E-state index is 12.0. The molecule has 1 aliphatic heterocycles. The second-order valence-electron chi connectivity index (χ2n) is 6.13. The van der Waals surface area contributed by atoms with Crippen LogP contribution < -0.4 is 16.0 Å². The Morgan fingerprint density at radius 2 is 1.83 bits per heavy atom. The Labute approximate surface area is 141 Å². The van der Waals surface area contributed by atoms with E-state index >= 15 is 0 Å². The number of benzene rings is 1. The molecule has 3 amide bonds. The lowest BCUT2D eigenvalue weighted by atomic mass is 10.1. The highest BCUT2D eigenvalue weighted by atomic mass is 32.2. The average Bonchev–Trinajstić information content (AvgIpc) is 3.04. The largest absolute Gasteiger partial charge is 0.354 e. The third-order valence-electron chi connectivity index (χ3n) is 4.31. The Hall–Kier alpha value is -1.69. The third-order valence-corrected chi connectivity index (χ3v) is 5.66. The second-order valence-corrected chi connectivity index (χ2v) is 7.51. The predicted molar refractivity (Wildman–Crippen MR) is 92.7 cm³/mol. The third kappa shape index (κ3) is 4.64. The van der Waals surface area contributed by atoms with Crippen LogP contribution in [-0.2, 0) is 4.79 Å². The van der Waals surface area contributed by atoms with Gasteiger partial charge in [-0.2, -0.15) is 0 Å². The Morgan fingerprint density at radius 3 is 2.52 bits per heavy atom. The van der Waals surface area contributed by atoms with Gasteiger partial charge in [-0.3, -0.25) is 4.79 Å². The summed E-state index contributed by atoms with van der Waals surface area (Å²) >= 11 is 1.93. The van der Waals surface area contributed by atoms with Gasteiger partial charge in [-0.25, -0.2) is 4.79 Å². The summed E-state index contributed by atoms with van der Waals surface area (Å²) in [4.78, 5) is 24.9. The maximum Gasteiger partial charge on any atom is 0.319 e. The van der Waals surface area contributed by atoms with E-state index in [1.54, 1.807) is 0 Å². The minimum absolute atomic E-state index is 0.102. The summed E-state index contributed by atoms with van der Waals surface area (Å²) in [5.74, 6) is -0.102. The lowest BCUT2D eigenvalue weighted by molar-refractivity contribution is -0.124. The zero-order chi connectivity index (χ0) is 16.1. The number of carbonyl (C=O) groups is 2. The van der Waals surface area contributed by atoms with Crippen molar-refractivity contribution in [2.45, 2.75) is 54.7 Å². The van der Waals surface area contributed by atoms with Crippen molar-refractivity contribution in [1.29, 1.82) is 0 Å². The summed E-state index contributed by atoms with van der Waals surface area (Å²) in [6.07, 6.45) is 6.87. The van der Waals surface area contributed by atoms with Gasteiger partial charge < -0.3 is 16.0 Å². The normalized spacial score (nSPS) is 21.7. The van der Waals surface area contributed by atoms with Crippen molar-refractivity contribution in [2.24, 2.45) is 0 Å². The highest BCUT2D eigenvalue weighted by Crippen LogP contribution is 2.34. The Kier molecular flexibility index (Phi) is 5.43. The van der Waals surface area contributed by atoms with E-state index in [1.165, 1.54) is 30.6 Å². The molecule has 2 aliphatic rings. The first-order valence-corrected chi connectivity index (χ1v) is 9.20. The van der Waals surface area contributed by atoms with E-state index in [1.807, 2.05) is 36.0 Å². The lowest BCUT2D eigenvalue weighted by Crippen LogP contribution is -2.51. The number of nitrogens with one attached hydrogen (secondary N) is 3. The van der Waals surface area contributed by atoms with Gasteiger partial charge in [0.2, 0.25) is 5.91 Å². The molecule has 0 bridgehead atoms. The van der Waals surface area contributed by atoms with Crippen LogP contribution in [0.4, 0.5) is 10.5 Å². The van der Waals surface area contributed by atoms with E-state index in [2.05, 4.69) is 16.0 Å². The fraction of sp³-hybridized carbons (Fsp3) is 0.529. The molecule has 1 saturated carbocycles. The van der Waals surface area contributed by atoms with Crippen molar-refractivity contribution in [3.63, 3.8) is 0 Å². The van der Waals surface area contributed by atoms with Gasteiger partial charge in [0.05, 0.1) is 0 Å². The van der Waals surface area contributed by atoms with E-state index < -0.39 is 6.04 Å². The van der Waals surface area contributed by atoms with Crippen molar-refractivity contribution < 1.29 is 9.59 Å². The molecule has 1 unspecified atom stereocenters. The molecular weight excluding hydrogens is 310 g/mol. The monoisotopic (exact) mass is 333 g/mol. The molecular formula is C17H23N3O2S. The number of rotatable bonds is 4. The van der Waals surface area contributed by atoms with Gasteiger partial charge >= 0.3 is 6.03 Å². The summed E-state index contributed by atoms with van der Waals surface area (Å²) in [5.41, 5.74) is 0.745. The molecule has 0 radical (unpaired) electrons. The molecule has 2 fully saturated rings. The highest BCUT2D eigenvalue weighted by Gasteiger charge is 2.23. The van der Waals surface area contributed by atoms with Crippen molar-refractivity contribution in [3.05, 3.63) is 24.3 Å². The van der Waals surface area contributed by atoms with Gasteiger partial charge in [0.25, 0.3) is 0 Å². The fourth-order valence-corrected chi connectivity index (χ4v) is 4.30. The highest BCUT2D eigenvalue weighted by molar-refractivity contribution is 8.00. The molecule has 1 atom stereocenters. The zero-order valence-corrected chi connectivity index (χ0v) is 14.0. The van der Waals surface area contributed by atoms with Crippen LogP contribution in [0, 0.1) is 0 Å². The number of carbonyl (C=O) groups excluding carboxylic acids is 2. The SMILES string of the molecule is O=C(Nc1ccc(SC2CCCC2)cc1)NC1CCCNC1=O. The van der Waals surface area contributed by atoms with E-state index in [0.717, 1.165) is 17.4 Å². The summed E-state index contributed by atoms with van der Waals surface area (Å²) in [7, 11) is 0. The second kappa shape index (κ2) is 7.73. The van der Waals surface area contributed by atoms with Gasteiger partial charge in [-0.1, -0.05) is 12.8 Å². The number of urea groups is 1. The summed E-state index contributed by atoms with van der Waals surface area (Å²) in [5, 5.41) is 9.01. The first-order valence-electron chi connectivity index (χ1n) is 8.33. The van der Waals surface area contributed by atoms with E-state index in [9.17, 15) is 9.59 Å². The van der Waals surface area contributed by atoms with Crippen molar-refractivity contribution in [2.75, 3.05) is 11.9 Å². The van der Waals surface area contributed by atoms with Gasteiger partial charge in [0.1, 0.15) is 6.04 Å². The first kappa shape index (κ1) is 16.2. The van der Waals surface area contributed by atoms with E-state index in [4.69, 9.17) is 0 Å². The maximum absolute atomic E-state index is 12.0. The molecule has 23 heavy (non-hydrogen) atoms. The molecule has 0 aromatic heterocycles. The number of anilines is 1. The molecule has 1 aromatic rings. The Bertz CT molecular complexity index is 555. The average molecular weight is 333 g/mol. The molecule has 1 saturated heterocycles. The molecule has 5 nitrogen and oxygen atoms in total. The lowest BCUT2D eigenvalue weighted by Gasteiger charge is -2.22. The first-order chi connectivity index (χ1) is 11.2. The minimum Gasteiger partial charge on any atom is -0.354 e. The zero-order valence-electron chi connectivity index (χ0n) is 13.1. The van der Waals surface area contributed by atoms with Crippen molar-refractivity contribution >= 4 is 29.4 Å². The van der Waals surface area contributed by atoms with Gasteiger partial charge in [-0.05, 0) is 49.9 Å². The summed E-state index contributed by atoms with van der Waals surface area (Å²) in [6, 6.07) is 7.16. The number of amides is 3. The Balaban J connectivity index is 1.49. The van der Waals surface area contributed by atoms with Crippen LogP contribution in [0.2, 0.25) is 0 Å². The minimum atomic E-state index is -0.430. The smallest absolute Gasteiger partial charge is 0.319 e. The molecule has 3 N–H and O–H groups in total. The fourth-order valence-electron chi connectivity index (χ4n) is 3.05. The predicted octanol–water partition coefficient (Wildman–Crippen LogP) is 3.12. The molecule has 1 aliphatic carbocycles. The van der Waals surface area contributed by atoms with Crippen molar-refractivity contribution in [1.82, 2.24) is 10.6 Å². The quantitative estimate of drug-likeness (QED) is 0.793. The molecule has 1 aromatic carbocycles. The van der Waals surface area contributed by atoms with Gasteiger partial charge in [0.15, 0.2) is 0 Å². The summed E-state index contributed by atoms with van der Waals surface area (Å²) in [6.45, 7) is 0.693. The van der Waals surface area contributed by atoms with Crippen LogP contribution in [0.15, 0.2) is 29.2 Å². The Morgan fingerprint density at radius 1 is 1.09 bits per heavy atom. The van der Waals surface area contributed by atoms with Crippen LogP contribution >= 0.6 is 11.8 Å². The van der Waals surface area contributed by atoms with Crippen LogP contribution in [-0.4, -0.2) is 29.8 Å². The van der Waals surface area contributed by atoms with Gasteiger partial charge in [0, 0.05) is 22.4 Å². The van der Waals surface area contributed by atoms with Crippen LogP contribution in [0.3, 0.4) is 0 Å². The van der Waals surface area contributed by atoms with E-state index in [0.29, 0.717) is 13.0 Å². The topological polar surface area (TPSA) is 70.2 Å². The molecule has 124 valence electrons. The van der Waals surface area contributed by atoms with Gasteiger partial charge in [-0.15, -0.1) is 11.8 Å². The number of thioether (sulfide) groups is 1. The van der Waals surface area contributed by atoms with Crippen molar-refractivity contribution in [3.8, 4) is 0 Å².